The quantitative estimate of drug-likeness (QED) is 0.668. The van der Waals surface area contributed by atoms with Gasteiger partial charge in [-0.05, 0) is 26.8 Å². The molecule has 1 rings (SSSR count). The molecule has 0 bridgehead atoms. The van der Waals surface area contributed by atoms with Gasteiger partial charge in [-0.25, -0.2) is 0 Å². The Hall–Kier alpha value is -0.160. The molecule has 1 saturated heterocycles. The van der Waals surface area contributed by atoms with E-state index in [-0.39, 0.29) is 12.2 Å². The normalized spacial score (nSPS) is 26.2. The van der Waals surface area contributed by atoms with Gasteiger partial charge in [-0.3, -0.25) is 0 Å². The Morgan fingerprint density at radius 2 is 2.19 bits per heavy atom. The Morgan fingerprint density at radius 3 is 2.88 bits per heavy atom. The van der Waals surface area contributed by atoms with E-state index in [1.807, 2.05) is 13.8 Å². The molecule has 0 amide bonds. The van der Waals surface area contributed by atoms with E-state index in [2.05, 4.69) is 12.2 Å². The molecule has 1 aliphatic rings. The highest BCUT2D eigenvalue weighted by atomic mass is 16.6. The van der Waals surface area contributed by atoms with Crippen LogP contribution in [0.5, 0.6) is 0 Å². The van der Waals surface area contributed by atoms with Crippen LogP contribution in [0, 0.1) is 0 Å². The van der Waals surface area contributed by atoms with Crippen LogP contribution in [0.15, 0.2) is 0 Å². The maximum absolute atomic E-state index is 5.79. The SMILES string of the molecule is CCNC1CCOCC1OCCOC(C)C. The van der Waals surface area contributed by atoms with Crippen molar-refractivity contribution in [1.29, 1.82) is 0 Å². The Balaban J connectivity index is 2.16. The van der Waals surface area contributed by atoms with Crippen molar-refractivity contribution >= 4 is 0 Å². The van der Waals surface area contributed by atoms with Crippen LogP contribution in [0.4, 0.5) is 0 Å². The largest absolute Gasteiger partial charge is 0.379 e. The van der Waals surface area contributed by atoms with E-state index in [1.54, 1.807) is 0 Å². The lowest BCUT2D eigenvalue weighted by atomic mass is 10.1. The standard InChI is InChI=1S/C12H25NO3/c1-4-13-11-5-6-14-9-12(11)16-8-7-15-10(2)3/h10-13H,4-9H2,1-3H3. The molecule has 2 atom stereocenters. The minimum atomic E-state index is 0.171. The van der Waals surface area contributed by atoms with Gasteiger partial charge in [0.05, 0.1) is 32.0 Å². The van der Waals surface area contributed by atoms with E-state index in [1.165, 1.54) is 0 Å². The lowest BCUT2D eigenvalue weighted by Crippen LogP contribution is -2.48. The van der Waals surface area contributed by atoms with Crippen LogP contribution in [0.25, 0.3) is 0 Å². The van der Waals surface area contributed by atoms with Crippen molar-refractivity contribution < 1.29 is 14.2 Å². The maximum Gasteiger partial charge on any atom is 0.0962 e. The summed E-state index contributed by atoms with van der Waals surface area (Å²) < 4.78 is 16.7. The fraction of sp³-hybridized carbons (Fsp3) is 1.00. The zero-order valence-corrected chi connectivity index (χ0v) is 10.7. The van der Waals surface area contributed by atoms with E-state index >= 15 is 0 Å². The fourth-order valence-electron chi connectivity index (χ4n) is 1.86. The van der Waals surface area contributed by atoms with Crippen LogP contribution in [-0.2, 0) is 14.2 Å². The molecule has 1 heterocycles. The number of hydrogen-bond acceptors (Lipinski definition) is 4. The van der Waals surface area contributed by atoms with E-state index in [9.17, 15) is 0 Å². The van der Waals surface area contributed by atoms with Crippen molar-refractivity contribution in [3.05, 3.63) is 0 Å². The Labute approximate surface area is 98.6 Å². The second-order valence-electron chi connectivity index (χ2n) is 4.36. The van der Waals surface area contributed by atoms with Gasteiger partial charge in [-0.15, -0.1) is 0 Å². The van der Waals surface area contributed by atoms with Gasteiger partial charge in [0.1, 0.15) is 0 Å². The second-order valence-corrected chi connectivity index (χ2v) is 4.36. The van der Waals surface area contributed by atoms with Crippen molar-refractivity contribution in [2.75, 3.05) is 33.0 Å². The van der Waals surface area contributed by atoms with Gasteiger partial charge >= 0.3 is 0 Å². The first-order valence-electron chi connectivity index (χ1n) is 6.28. The van der Waals surface area contributed by atoms with E-state index in [0.717, 1.165) is 19.6 Å². The number of nitrogens with one attached hydrogen (secondary N) is 1. The number of hydrogen-bond donors (Lipinski definition) is 1. The van der Waals surface area contributed by atoms with E-state index in [4.69, 9.17) is 14.2 Å². The molecule has 1 N–H and O–H groups in total. The molecule has 96 valence electrons. The van der Waals surface area contributed by atoms with E-state index in [0.29, 0.717) is 25.9 Å². The predicted octanol–water partition coefficient (Wildman–Crippen LogP) is 1.19. The highest BCUT2D eigenvalue weighted by molar-refractivity contribution is 4.80. The Kier molecular flexibility index (Phi) is 6.96. The molecule has 0 aromatic carbocycles. The van der Waals surface area contributed by atoms with Gasteiger partial charge in [0.15, 0.2) is 0 Å². The average molecular weight is 231 g/mol. The molecule has 0 aromatic heterocycles. The molecule has 0 saturated carbocycles. The van der Waals surface area contributed by atoms with Crippen molar-refractivity contribution in [2.24, 2.45) is 0 Å². The lowest BCUT2D eigenvalue weighted by Gasteiger charge is -2.32. The molecule has 1 fully saturated rings. The number of rotatable bonds is 7. The minimum Gasteiger partial charge on any atom is -0.379 e. The first-order valence-corrected chi connectivity index (χ1v) is 6.28. The highest BCUT2D eigenvalue weighted by Gasteiger charge is 2.25. The average Bonchev–Trinajstić information content (AvgIpc) is 2.26. The summed E-state index contributed by atoms with van der Waals surface area (Å²) in [6, 6.07) is 0.429. The van der Waals surface area contributed by atoms with Crippen molar-refractivity contribution in [1.82, 2.24) is 5.32 Å². The first kappa shape index (κ1) is 13.9. The summed E-state index contributed by atoms with van der Waals surface area (Å²) in [5.41, 5.74) is 0. The molecule has 0 aliphatic carbocycles. The van der Waals surface area contributed by atoms with Gasteiger partial charge in [-0.1, -0.05) is 6.92 Å². The summed E-state index contributed by atoms with van der Waals surface area (Å²) in [5.74, 6) is 0. The van der Waals surface area contributed by atoms with Crippen LogP contribution in [-0.4, -0.2) is 51.2 Å². The maximum atomic E-state index is 5.79. The molecule has 16 heavy (non-hydrogen) atoms. The third-order valence-electron chi connectivity index (χ3n) is 2.64. The second kappa shape index (κ2) is 8.01. The zero-order valence-electron chi connectivity index (χ0n) is 10.7. The minimum absolute atomic E-state index is 0.171. The lowest BCUT2D eigenvalue weighted by molar-refractivity contribution is -0.0850. The predicted molar refractivity (Wildman–Crippen MR) is 63.7 cm³/mol. The molecular formula is C12H25NO3. The van der Waals surface area contributed by atoms with Crippen LogP contribution < -0.4 is 5.32 Å². The van der Waals surface area contributed by atoms with Crippen LogP contribution in [0.1, 0.15) is 27.2 Å². The summed E-state index contributed by atoms with van der Waals surface area (Å²) in [5, 5.41) is 3.44. The monoisotopic (exact) mass is 231 g/mol. The van der Waals surface area contributed by atoms with Crippen molar-refractivity contribution in [3.63, 3.8) is 0 Å². The molecule has 0 radical (unpaired) electrons. The smallest absolute Gasteiger partial charge is 0.0962 e. The zero-order chi connectivity index (χ0) is 11.8. The third kappa shape index (κ3) is 5.25. The van der Waals surface area contributed by atoms with Crippen LogP contribution >= 0.6 is 0 Å². The summed E-state index contributed by atoms with van der Waals surface area (Å²) >= 11 is 0. The van der Waals surface area contributed by atoms with Gasteiger partial charge in [-0.2, -0.15) is 0 Å². The van der Waals surface area contributed by atoms with Gasteiger partial charge < -0.3 is 19.5 Å². The molecule has 4 nitrogen and oxygen atoms in total. The van der Waals surface area contributed by atoms with Crippen molar-refractivity contribution in [2.45, 2.75) is 45.4 Å². The first-order chi connectivity index (χ1) is 7.74. The molecule has 2 unspecified atom stereocenters. The van der Waals surface area contributed by atoms with Gasteiger partial charge in [0, 0.05) is 12.6 Å². The molecule has 1 aliphatic heterocycles. The molecule has 4 heteroatoms. The van der Waals surface area contributed by atoms with Gasteiger partial charge in [0.25, 0.3) is 0 Å². The summed E-state index contributed by atoms with van der Waals surface area (Å²) in [6.45, 7) is 10.00. The summed E-state index contributed by atoms with van der Waals surface area (Å²) in [6.07, 6.45) is 1.48. The summed E-state index contributed by atoms with van der Waals surface area (Å²) in [7, 11) is 0. The number of likely N-dealkylation sites (N-methyl/N-ethyl adjacent to an activating group) is 1. The Bertz CT molecular complexity index is 174. The number of ether oxygens (including phenoxy) is 3. The van der Waals surface area contributed by atoms with Crippen molar-refractivity contribution in [3.8, 4) is 0 Å². The van der Waals surface area contributed by atoms with Gasteiger partial charge in [0.2, 0.25) is 0 Å². The molecule has 0 aromatic rings. The Morgan fingerprint density at radius 1 is 1.38 bits per heavy atom. The third-order valence-corrected chi connectivity index (χ3v) is 2.64. The molecular weight excluding hydrogens is 206 g/mol. The van der Waals surface area contributed by atoms with Crippen LogP contribution in [0.3, 0.4) is 0 Å². The highest BCUT2D eigenvalue weighted by Crippen LogP contribution is 2.11. The summed E-state index contributed by atoms with van der Waals surface area (Å²) in [4.78, 5) is 0. The molecule has 0 spiro atoms. The van der Waals surface area contributed by atoms with Crippen LogP contribution in [0.2, 0.25) is 0 Å². The van der Waals surface area contributed by atoms with E-state index < -0.39 is 0 Å². The fourth-order valence-corrected chi connectivity index (χ4v) is 1.86. The topological polar surface area (TPSA) is 39.7 Å².